The van der Waals surface area contributed by atoms with Crippen molar-refractivity contribution in [1.29, 1.82) is 0 Å². The summed E-state index contributed by atoms with van der Waals surface area (Å²) in [7, 11) is 1.71. The van der Waals surface area contributed by atoms with E-state index in [4.69, 9.17) is 4.74 Å². The summed E-state index contributed by atoms with van der Waals surface area (Å²) >= 11 is 0. The molecule has 22 heavy (non-hydrogen) atoms. The van der Waals surface area contributed by atoms with Gasteiger partial charge in [-0.25, -0.2) is 4.39 Å². The molecule has 0 N–H and O–H groups in total. The summed E-state index contributed by atoms with van der Waals surface area (Å²) in [5.74, 6) is 0.766. The number of para-hydroxylation sites is 1. The summed E-state index contributed by atoms with van der Waals surface area (Å²) in [5.41, 5.74) is 2.32. The fourth-order valence-corrected chi connectivity index (χ4v) is 2.89. The molecule has 0 aromatic heterocycles. The van der Waals surface area contributed by atoms with E-state index in [1.54, 1.807) is 7.11 Å². The number of nitrogens with zero attached hydrogens (tertiary/aromatic N) is 2. The van der Waals surface area contributed by atoms with Crippen molar-refractivity contribution in [3.8, 4) is 5.75 Å². The summed E-state index contributed by atoms with van der Waals surface area (Å²) in [6, 6.07) is 14.9. The van der Waals surface area contributed by atoms with Crippen molar-refractivity contribution in [2.45, 2.75) is 6.54 Å². The Morgan fingerprint density at radius 2 is 1.64 bits per heavy atom. The number of halogens is 1. The molecule has 1 heterocycles. The Balaban J connectivity index is 1.59. The number of hydrogen-bond acceptors (Lipinski definition) is 3. The lowest BCUT2D eigenvalue weighted by molar-refractivity contribution is 0.246. The second-order valence-electron chi connectivity index (χ2n) is 5.55. The van der Waals surface area contributed by atoms with Crippen molar-refractivity contribution >= 4 is 5.69 Å². The van der Waals surface area contributed by atoms with Crippen LogP contribution in [0.25, 0.3) is 0 Å². The maximum atomic E-state index is 13.0. The highest BCUT2D eigenvalue weighted by molar-refractivity contribution is 5.46. The number of anilines is 1. The minimum Gasteiger partial charge on any atom is -0.496 e. The van der Waals surface area contributed by atoms with Crippen molar-refractivity contribution in [1.82, 2.24) is 4.90 Å². The molecule has 0 unspecified atom stereocenters. The van der Waals surface area contributed by atoms with E-state index >= 15 is 0 Å². The first-order valence-corrected chi connectivity index (χ1v) is 7.61. The fourth-order valence-electron chi connectivity index (χ4n) is 2.89. The number of ether oxygens (including phenoxy) is 1. The molecule has 0 aliphatic carbocycles. The van der Waals surface area contributed by atoms with Crippen molar-refractivity contribution < 1.29 is 9.13 Å². The van der Waals surface area contributed by atoms with Gasteiger partial charge in [-0.1, -0.05) is 18.2 Å². The molecule has 1 fully saturated rings. The van der Waals surface area contributed by atoms with Gasteiger partial charge in [0.25, 0.3) is 0 Å². The zero-order chi connectivity index (χ0) is 15.4. The maximum Gasteiger partial charge on any atom is 0.123 e. The normalized spacial score (nSPS) is 15.8. The van der Waals surface area contributed by atoms with Gasteiger partial charge < -0.3 is 9.64 Å². The molecule has 0 bridgehead atoms. The summed E-state index contributed by atoms with van der Waals surface area (Å²) in [6.07, 6.45) is 0. The lowest BCUT2D eigenvalue weighted by atomic mass is 10.1. The van der Waals surface area contributed by atoms with Gasteiger partial charge in [0.05, 0.1) is 7.11 Å². The summed E-state index contributed by atoms with van der Waals surface area (Å²) < 4.78 is 18.4. The molecule has 116 valence electrons. The van der Waals surface area contributed by atoms with Crippen LogP contribution >= 0.6 is 0 Å². The van der Waals surface area contributed by atoms with Crippen molar-refractivity contribution in [2.75, 3.05) is 38.2 Å². The van der Waals surface area contributed by atoms with E-state index in [0.29, 0.717) is 0 Å². The second kappa shape index (κ2) is 6.79. The molecular weight excluding hydrogens is 279 g/mol. The SMILES string of the molecule is COc1ccccc1CN1CCN(c2ccc(F)cc2)CC1. The van der Waals surface area contributed by atoms with Gasteiger partial charge in [-0.05, 0) is 30.3 Å². The Kier molecular flexibility index (Phi) is 4.59. The Morgan fingerprint density at radius 1 is 0.955 bits per heavy atom. The number of rotatable bonds is 4. The van der Waals surface area contributed by atoms with Crippen molar-refractivity contribution in [3.63, 3.8) is 0 Å². The predicted molar refractivity (Wildman–Crippen MR) is 86.9 cm³/mol. The average Bonchev–Trinajstić information content (AvgIpc) is 2.57. The van der Waals surface area contributed by atoms with Gasteiger partial charge in [0.2, 0.25) is 0 Å². The standard InChI is InChI=1S/C18H21FN2O/c1-22-18-5-3-2-4-15(18)14-20-10-12-21(13-11-20)17-8-6-16(19)7-9-17/h2-9H,10-14H2,1H3. The first-order chi connectivity index (χ1) is 10.8. The van der Waals surface area contributed by atoms with Crippen LogP contribution in [-0.4, -0.2) is 38.2 Å². The van der Waals surface area contributed by atoms with E-state index in [9.17, 15) is 4.39 Å². The van der Waals surface area contributed by atoms with Gasteiger partial charge in [-0.2, -0.15) is 0 Å². The lowest BCUT2D eigenvalue weighted by Gasteiger charge is -2.36. The maximum absolute atomic E-state index is 13.0. The van der Waals surface area contributed by atoms with Gasteiger partial charge in [0.15, 0.2) is 0 Å². The number of piperazine rings is 1. The molecule has 3 rings (SSSR count). The van der Waals surface area contributed by atoms with Crippen molar-refractivity contribution in [3.05, 3.63) is 59.9 Å². The fraction of sp³-hybridized carbons (Fsp3) is 0.333. The molecule has 1 aliphatic heterocycles. The highest BCUT2D eigenvalue weighted by Gasteiger charge is 2.18. The third-order valence-corrected chi connectivity index (χ3v) is 4.15. The van der Waals surface area contributed by atoms with E-state index in [1.165, 1.54) is 17.7 Å². The lowest BCUT2D eigenvalue weighted by Crippen LogP contribution is -2.46. The minimum atomic E-state index is -0.182. The van der Waals surface area contributed by atoms with Crippen LogP contribution in [-0.2, 0) is 6.54 Å². The first-order valence-electron chi connectivity index (χ1n) is 7.61. The summed E-state index contributed by atoms with van der Waals surface area (Å²) in [6.45, 7) is 4.81. The molecule has 4 heteroatoms. The smallest absolute Gasteiger partial charge is 0.123 e. The van der Waals surface area contributed by atoms with Crippen LogP contribution < -0.4 is 9.64 Å². The zero-order valence-electron chi connectivity index (χ0n) is 12.8. The van der Waals surface area contributed by atoms with Gasteiger partial charge in [-0.3, -0.25) is 4.90 Å². The van der Waals surface area contributed by atoms with Crippen LogP contribution in [0.15, 0.2) is 48.5 Å². The topological polar surface area (TPSA) is 15.7 Å². The van der Waals surface area contributed by atoms with Crippen LogP contribution in [0.3, 0.4) is 0 Å². The Labute approximate surface area is 130 Å². The number of hydrogen-bond donors (Lipinski definition) is 0. The van der Waals surface area contributed by atoms with Crippen LogP contribution in [0.1, 0.15) is 5.56 Å². The molecular formula is C18H21FN2O. The van der Waals surface area contributed by atoms with Crippen molar-refractivity contribution in [2.24, 2.45) is 0 Å². The summed E-state index contributed by atoms with van der Waals surface area (Å²) in [4.78, 5) is 4.73. The van der Waals surface area contributed by atoms with Crippen LogP contribution in [0.4, 0.5) is 10.1 Å². The Morgan fingerprint density at radius 3 is 2.32 bits per heavy atom. The third kappa shape index (κ3) is 3.39. The second-order valence-corrected chi connectivity index (χ2v) is 5.55. The van der Waals surface area contributed by atoms with Crippen LogP contribution in [0, 0.1) is 5.82 Å². The van der Waals surface area contributed by atoms with Gasteiger partial charge in [0, 0.05) is 44.0 Å². The van der Waals surface area contributed by atoms with Crippen LogP contribution in [0.2, 0.25) is 0 Å². The van der Waals surface area contributed by atoms with Gasteiger partial charge >= 0.3 is 0 Å². The first kappa shape index (κ1) is 14.9. The molecule has 0 spiro atoms. The molecule has 1 saturated heterocycles. The molecule has 2 aromatic carbocycles. The quantitative estimate of drug-likeness (QED) is 0.862. The predicted octanol–water partition coefficient (Wildman–Crippen LogP) is 3.16. The van der Waals surface area contributed by atoms with Crippen LogP contribution in [0.5, 0.6) is 5.75 Å². The van der Waals surface area contributed by atoms with Gasteiger partial charge in [0.1, 0.15) is 11.6 Å². The van der Waals surface area contributed by atoms with E-state index in [0.717, 1.165) is 44.2 Å². The molecule has 0 amide bonds. The van der Waals surface area contributed by atoms with E-state index in [2.05, 4.69) is 15.9 Å². The molecule has 2 aromatic rings. The molecule has 3 nitrogen and oxygen atoms in total. The average molecular weight is 300 g/mol. The highest BCUT2D eigenvalue weighted by atomic mass is 19.1. The number of benzene rings is 2. The Hall–Kier alpha value is -2.07. The summed E-state index contributed by atoms with van der Waals surface area (Å²) in [5, 5.41) is 0. The molecule has 0 atom stereocenters. The van der Waals surface area contributed by atoms with E-state index in [1.807, 2.05) is 30.3 Å². The monoisotopic (exact) mass is 300 g/mol. The zero-order valence-corrected chi connectivity index (χ0v) is 12.8. The largest absolute Gasteiger partial charge is 0.496 e. The van der Waals surface area contributed by atoms with Gasteiger partial charge in [-0.15, -0.1) is 0 Å². The molecule has 0 saturated carbocycles. The molecule has 1 aliphatic rings. The van der Waals surface area contributed by atoms with E-state index < -0.39 is 0 Å². The Bertz CT molecular complexity index is 607. The highest BCUT2D eigenvalue weighted by Crippen LogP contribution is 2.21. The third-order valence-electron chi connectivity index (χ3n) is 4.15. The molecule has 0 radical (unpaired) electrons. The number of methoxy groups -OCH3 is 1. The minimum absolute atomic E-state index is 0.182. The van der Waals surface area contributed by atoms with E-state index in [-0.39, 0.29) is 5.82 Å².